The summed E-state index contributed by atoms with van der Waals surface area (Å²) < 4.78 is 13.6. The number of carboxylic acids is 1. The number of carbonyl (C=O) groups is 2. The number of aliphatic carboxylic acids is 1. The average Bonchev–Trinajstić information content (AvgIpc) is 2.25. The summed E-state index contributed by atoms with van der Waals surface area (Å²) in [6.07, 6.45) is 1.98. The Labute approximate surface area is 118 Å². The molecule has 4 nitrogen and oxygen atoms in total. The molecule has 1 aliphatic carbocycles. The number of halogens is 2. The molecular formula is C13H13BrFNO3. The van der Waals surface area contributed by atoms with E-state index in [9.17, 15) is 14.0 Å². The van der Waals surface area contributed by atoms with Crippen LogP contribution in [0.2, 0.25) is 0 Å². The molecule has 1 aromatic carbocycles. The van der Waals surface area contributed by atoms with Crippen LogP contribution in [0.5, 0.6) is 0 Å². The largest absolute Gasteiger partial charge is 0.481 e. The third-order valence-corrected chi connectivity index (χ3v) is 3.93. The molecule has 102 valence electrons. The number of amides is 1. The molecule has 0 unspecified atom stereocenters. The van der Waals surface area contributed by atoms with Crippen molar-refractivity contribution in [1.29, 1.82) is 0 Å². The van der Waals surface area contributed by atoms with Gasteiger partial charge in [-0.25, -0.2) is 4.39 Å². The van der Waals surface area contributed by atoms with E-state index in [0.29, 0.717) is 17.3 Å². The molecule has 0 bridgehead atoms. The van der Waals surface area contributed by atoms with Crippen molar-refractivity contribution in [2.45, 2.75) is 19.3 Å². The highest BCUT2D eigenvalue weighted by Crippen LogP contribution is 2.40. The van der Waals surface area contributed by atoms with E-state index in [2.05, 4.69) is 21.2 Å². The molecule has 0 spiro atoms. The van der Waals surface area contributed by atoms with E-state index in [4.69, 9.17) is 5.11 Å². The van der Waals surface area contributed by atoms with E-state index in [1.165, 1.54) is 12.1 Å². The summed E-state index contributed by atoms with van der Waals surface area (Å²) in [4.78, 5) is 23.0. The lowest BCUT2D eigenvalue weighted by atomic mass is 9.69. The van der Waals surface area contributed by atoms with Gasteiger partial charge in [0.05, 0.1) is 5.41 Å². The summed E-state index contributed by atoms with van der Waals surface area (Å²) in [5.74, 6) is -1.87. The minimum absolute atomic E-state index is 0.0787. The normalized spacial score (nSPS) is 16.5. The van der Waals surface area contributed by atoms with E-state index in [-0.39, 0.29) is 12.1 Å². The maximum atomic E-state index is 13.2. The standard InChI is InChI=1S/C13H13BrFNO3/c14-9-4-8(5-10(15)6-9)11(17)16-7-13(12(18)19)2-1-3-13/h4-6H,1-3,7H2,(H,16,17)(H,18,19). The van der Waals surface area contributed by atoms with Gasteiger partial charge in [-0.15, -0.1) is 0 Å². The molecular weight excluding hydrogens is 317 g/mol. The minimum Gasteiger partial charge on any atom is -0.481 e. The van der Waals surface area contributed by atoms with E-state index in [1.807, 2.05) is 0 Å². The molecule has 0 aliphatic heterocycles. The van der Waals surface area contributed by atoms with Crippen LogP contribution in [0.3, 0.4) is 0 Å². The predicted octanol–water partition coefficient (Wildman–Crippen LogP) is 2.57. The van der Waals surface area contributed by atoms with Crippen molar-refractivity contribution in [1.82, 2.24) is 5.32 Å². The van der Waals surface area contributed by atoms with Crippen LogP contribution >= 0.6 is 15.9 Å². The number of carboxylic acid groups (broad SMARTS) is 1. The summed E-state index contributed by atoms with van der Waals surface area (Å²) in [5.41, 5.74) is -0.674. The molecule has 0 radical (unpaired) electrons. The number of hydrogen-bond acceptors (Lipinski definition) is 2. The molecule has 1 aliphatic rings. The summed E-state index contributed by atoms with van der Waals surface area (Å²) in [5, 5.41) is 11.7. The Morgan fingerprint density at radius 2 is 2.05 bits per heavy atom. The van der Waals surface area contributed by atoms with Crippen molar-refractivity contribution >= 4 is 27.8 Å². The number of benzene rings is 1. The Kier molecular flexibility index (Phi) is 3.89. The molecule has 0 aromatic heterocycles. The molecule has 1 aromatic rings. The van der Waals surface area contributed by atoms with Gasteiger partial charge in [0.25, 0.3) is 5.91 Å². The maximum Gasteiger partial charge on any atom is 0.311 e. The highest BCUT2D eigenvalue weighted by Gasteiger charge is 2.44. The maximum absolute atomic E-state index is 13.2. The summed E-state index contributed by atoms with van der Waals surface area (Å²) in [6, 6.07) is 3.86. The van der Waals surface area contributed by atoms with Crippen LogP contribution in [0.4, 0.5) is 4.39 Å². The molecule has 19 heavy (non-hydrogen) atoms. The van der Waals surface area contributed by atoms with Crippen LogP contribution in [0.1, 0.15) is 29.6 Å². The third-order valence-electron chi connectivity index (χ3n) is 3.48. The van der Waals surface area contributed by atoms with Gasteiger partial charge < -0.3 is 10.4 Å². The number of nitrogens with one attached hydrogen (secondary N) is 1. The zero-order chi connectivity index (χ0) is 14.0. The monoisotopic (exact) mass is 329 g/mol. The van der Waals surface area contributed by atoms with Crippen molar-refractivity contribution in [2.75, 3.05) is 6.54 Å². The molecule has 6 heteroatoms. The molecule has 1 amide bonds. The topological polar surface area (TPSA) is 66.4 Å². The third kappa shape index (κ3) is 2.94. The second-order valence-electron chi connectivity index (χ2n) is 4.78. The van der Waals surface area contributed by atoms with Crippen LogP contribution in [-0.2, 0) is 4.79 Å². The van der Waals surface area contributed by atoms with Gasteiger partial charge in [-0.05, 0) is 31.0 Å². The van der Waals surface area contributed by atoms with Gasteiger partial charge in [-0.2, -0.15) is 0 Å². The smallest absolute Gasteiger partial charge is 0.311 e. The first-order valence-electron chi connectivity index (χ1n) is 5.91. The van der Waals surface area contributed by atoms with Crippen molar-refractivity contribution in [2.24, 2.45) is 5.41 Å². The summed E-state index contributed by atoms with van der Waals surface area (Å²) in [6.45, 7) is 0.0787. The molecule has 0 saturated heterocycles. The van der Waals surface area contributed by atoms with Gasteiger partial charge in [0, 0.05) is 16.6 Å². The second-order valence-corrected chi connectivity index (χ2v) is 5.70. The van der Waals surface area contributed by atoms with Gasteiger partial charge in [-0.3, -0.25) is 9.59 Å². The Morgan fingerprint density at radius 1 is 1.37 bits per heavy atom. The van der Waals surface area contributed by atoms with Crippen LogP contribution < -0.4 is 5.32 Å². The van der Waals surface area contributed by atoms with E-state index >= 15 is 0 Å². The Bertz CT molecular complexity index is 508. The van der Waals surface area contributed by atoms with Gasteiger partial charge in [0.1, 0.15) is 5.82 Å². The lowest BCUT2D eigenvalue weighted by molar-refractivity contribution is -0.153. The molecule has 2 rings (SSSR count). The lowest BCUT2D eigenvalue weighted by Gasteiger charge is -2.37. The van der Waals surface area contributed by atoms with Gasteiger partial charge >= 0.3 is 5.97 Å². The van der Waals surface area contributed by atoms with Gasteiger partial charge in [0.15, 0.2) is 0 Å². The fourth-order valence-electron chi connectivity index (χ4n) is 2.11. The van der Waals surface area contributed by atoms with Crippen LogP contribution in [0.15, 0.2) is 22.7 Å². The predicted molar refractivity (Wildman–Crippen MR) is 70.4 cm³/mol. The quantitative estimate of drug-likeness (QED) is 0.892. The number of rotatable bonds is 4. The summed E-state index contributed by atoms with van der Waals surface area (Å²) in [7, 11) is 0. The number of carbonyl (C=O) groups excluding carboxylic acids is 1. The molecule has 2 N–H and O–H groups in total. The van der Waals surface area contributed by atoms with Crippen LogP contribution in [0, 0.1) is 11.2 Å². The van der Waals surface area contributed by atoms with Crippen molar-refractivity contribution in [3.05, 3.63) is 34.1 Å². The minimum atomic E-state index is -0.889. The number of hydrogen-bond donors (Lipinski definition) is 2. The van der Waals surface area contributed by atoms with Gasteiger partial charge in [0.2, 0.25) is 0 Å². The van der Waals surface area contributed by atoms with Crippen molar-refractivity contribution in [3.63, 3.8) is 0 Å². The Morgan fingerprint density at radius 3 is 2.53 bits per heavy atom. The molecule has 0 atom stereocenters. The first-order chi connectivity index (χ1) is 8.93. The SMILES string of the molecule is O=C(NCC1(C(=O)O)CCC1)c1cc(F)cc(Br)c1. The average molecular weight is 330 g/mol. The van der Waals surface area contributed by atoms with E-state index in [0.717, 1.165) is 12.5 Å². The first-order valence-corrected chi connectivity index (χ1v) is 6.70. The van der Waals surface area contributed by atoms with Crippen molar-refractivity contribution in [3.8, 4) is 0 Å². The lowest BCUT2D eigenvalue weighted by Crippen LogP contribution is -2.47. The molecule has 0 heterocycles. The Hall–Kier alpha value is -1.43. The fourth-order valence-corrected chi connectivity index (χ4v) is 2.57. The van der Waals surface area contributed by atoms with E-state index < -0.39 is 23.1 Å². The molecule has 1 fully saturated rings. The van der Waals surface area contributed by atoms with Crippen LogP contribution in [-0.4, -0.2) is 23.5 Å². The summed E-state index contributed by atoms with van der Waals surface area (Å²) >= 11 is 3.11. The van der Waals surface area contributed by atoms with Crippen LogP contribution in [0.25, 0.3) is 0 Å². The fraction of sp³-hybridized carbons (Fsp3) is 0.385. The zero-order valence-corrected chi connectivity index (χ0v) is 11.7. The highest BCUT2D eigenvalue weighted by atomic mass is 79.9. The van der Waals surface area contributed by atoms with Crippen molar-refractivity contribution < 1.29 is 19.1 Å². The van der Waals surface area contributed by atoms with E-state index in [1.54, 1.807) is 0 Å². The highest BCUT2D eigenvalue weighted by molar-refractivity contribution is 9.10. The zero-order valence-electron chi connectivity index (χ0n) is 10.1. The second kappa shape index (κ2) is 5.28. The molecule has 1 saturated carbocycles. The van der Waals surface area contributed by atoms with Gasteiger partial charge in [-0.1, -0.05) is 22.4 Å². The first kappa shape index (κ1) is 14.0. The Balaban J connectivity index is 2.03.